The third kappa shape index (κ3) is 3.37. The number of rotatable bonds is 3. The van der Waals surface area contributed by atoms with Crippen molar-refractivity contribution in [3.8, 4) is 0 Å². The van der Waals surface area contributed by atoms with Gasteiger partial charge >= 0.3 is 12.1 Å². The molecule has 92 valence electrons. The monoisotopic (exact) mass is 230 g/mol. The van der Waals surface area contributed by atoms with Crippen molar-refractivity contribution in [1.29, 1.82) is 0 Å². The molecule has 6 nitrogen and oxygen atoms in total. The van der Waals surface area contributed by atoms with Crippen LogP contribution >= 0.6 is 0 Å². The van der Waals surface area contributed by atoms with Gasteiger partial charge in [-0.1, -0.05) is 0 Å². The summed E-state index contributed by atoms with van der Waals surface area (Å²) in [5.41, 5.74) is 0. The Bertz CT molecular complexity index is 270. The van der Waals surface area contributed by atoms with Gasteiger partial charge in [-0.05, 0) is 13.8 Å². The second kappa shape index (κ2) is 5.69. The summed E-state index contributed by atoms with van der Waals surface area (Å²) in [7, 11) is 0. The number of carbonyl (C=O) groups excluding carboxylic acids is 1. The molecule has 0 unspecified atom stereocenters. The Morgan fingerprint density at radius 1 is 1.44 bits per heavy atom. The molecule has 0 bridgehead atoms. The zero-order valence-electron chi connectivity index (χ0n) is 9.68. The quantitative estimate of drug-likeness (QED) is 0.703. The summed E-state index contributed by atoms with van der Waals surface area (Å²) in [6.07, 6.45) is -0.900. The number of esters is 1. The van der Waals surface area contributed by atoms with E-state index < -0.39 is 6.09 Å². The van der Waals surface area contributed by atoms with Crippen LogP contribution in [0.2, 0.25) is 0 Å². The van der Waals surface area contributed by atoms with Gasteiger partial charge in [0, 0.05) is 25.7 Å². The smallest absolute Gasteiger partial charge is 0.407 e. The molecule has 6 heteroatoms. The van der Waals surface area contributed by atoms with Gasteiger partial charge in [0.2, 0.25) is 0 Å². The van der Waals surface area contributed by atoms with Gasteiger partial charge < -0.3 is 14.7 Å². The minimum Gasteiger partial charge on any atom is -0.465 e. The van der Waals surface area contributed by atoms with E-state index in [9.17, 15) is 9.59 Å². The molecule has 1 saturated heterocycles. The van der Waals surface area contributed by atoms with Crippen LogP contribution in [-0.4, -0.2) is 65.8 Å². The highest BCUT2D eigenvalue weighted by Gasteiger charge is 2.27. The van der Waals surface area contributed by atoms with E-state index in [1.165, 1.54) is 4.90 Å². The number of hydrogen-bond donors (Lipinski definition) is 1. The zero-order valence-corrected chi connectivity index (χ0v) is 9.68. The van der Waals surface area contributed by atoms with E-state index in [1.54, 1.807) is 6.92 Å². The fraction of sp³-hybridized carbons (Fsp3) is 0.800. The van der Waals surface area contributed by atoms with Gasteiger partial charge in [0.25, 0.3) is 0 Å². The van der Waals surface area contributed by atoms with Crippen molar-refractivity contribution >= 4 is 12.1 Å². The molecule has 1 fully saturated rings. The first kappa shape index (κ1) is 12.8. The summed E-state index contributed by atoms with van der Waals surface area (Å²) >= 11 is 0. The average Bonchev–Trinajstić information content (AvgIpc) is 2.21. The molecule has 16 heavy (non-hydrogen) atoms. The molecule has 0 aromatic heterocycles. The van der Waals surface area contributed by atoms with E-state index in [0.717, 1.165) is 0 Å². The van der Waals surface area contributed by atoms with Crippen molar-refractivity contribution < 1.29 is 19.4 Å². The summed E-state index contributed by atoms with van der Waals surface area (Å²) in [6.45, 7) is 5.75. The molecule has 1 atom stereocenters. The highest BCUT2D eigenvalue weighted by Crippen LogP contribution is 2.09. The Labute approximate surface area is 94.8 Å². The van der Waals surface area contributed by atoms with Crippen molar-refractivity contribution in [1.82, 2.24) is 9.80 Å². The normalized spacial score (nSPS) is 21.9. The number of carbonyl (C=O) groups is 2. The maximum Gasteiger partial charge on any atom is 0.407 e. The number of piperazine rings is 1. The number of hydrogen-bond acceptors (Lipinski definition) is 4. The lowest BCUT2D eigenvalue weighted by Gasteiger charge is -2.37. The molecular formula is C10H18N2O4. The Morgan fingerprint density at radius 2 is 2.12 bits per heavy atom. The second-order valence-corrected chi connectivity index (χ2v) is 3.85. The molecule has 1 rings (SSSR count). The fourth-order valence-electron chi connectivity index (χ4n) is 1.78. The highest BCUT2D eigenvalue weighted by molar-refractivity contribution is 5.71. The first-order valence-electron chi connectivity index (χ1n) is 5.42. The van der Waals surface area contributed by atoms with Crippen molar-refractivity contribution in [3.05, 3.63) is 0 Å². The van der Waals surface area contributed by atoms with E-state index in [4.69, 9.17) is 9.84 Å². The molecule has 0 saturated carbocycles. The predicted octanol–water partition coefficient (Wildman–Crippen LogP) is 0.234. The average molecular weight is 230 g/mol. The molecule has 1 heterocycles. The number of amides is 1. The summed E-state index contributed by atoms with van der Waals surface area (Å²) in [6, 6.07) is 0.0502. The van der Waals surface area contributed by atoms with E-state index in [1.807, 2.05) is 11.8 Å². The number of ether oxygens (including phenoxy) is 1. The topological polar surface area (TPSA) is 70.1 Å². The van der Waals surface area contributed by atoms with Crippen LogP contribution < -0.4 is 0 Å². The minimum atomic E-state index is -0.900. The van der Waals surface area contributed by atoms with E-state index in [0.29, 0.717) is 26.2 Å². The highest BCUT2D eigenvalue weighted by atomic mass is 16.5. The minimum absolute atomic E-state index is 0.0502. The van der Waals surface area contributed by atoms with Gasteiger partial charge in [-0.15, -0.1) is 0 Å². The Kier molecular flexibility index (Phi) is 4.54. The largest absolute Gasteiger partial charge is 0.465 e. The van der Waals surface area contributed by atoms with Crippen molar-refractivity contribution in [3.63, 3.8) is 0 Å². The molecule has 1 aliphatic rings. The van der Waals surface area contributed by atoms with Gasteiger partial charge in [-0.25, -0.2) is 4.79 Å². The first-order chi connectivity index (χ1) is 7.54. The predicted molar refractivity (Wildman–Crippen MR) is 57.3 cm³/mol. The zero-order chi connectivity index (χ0) is 12.1. The van der Waals surface area contributed by atoms with Crippen molar-refractivity contribution in [2.24, 2.45) is 0 Å². The van der Waals surface area contributed by atoms with E-state index in [-0.39, 0.29) is 18.6 Å². The van der Waals surface area contributed by atoms with Crippen molar-refractivity contribution in [2.75, 3.05) is 32.8 Å². The van der Waals surface area contributed by atoms with Gasteiger partial charge in [0.05, 0.1) is 13.2 Å². The first-order valence-corrected chi connectivity index (χ1v) is 5.42. The standard InChI is InChI=1S/C10H18N2O4/c1-3-16-9(13)7-11-4-5-12(10(14)15)6-8(11)2/h8H,3-7H2,1-2H3,(H,14,15)/t8-/m0/s1. The third-order valence-electron chi connectivity index (χ3n) is 2.67. The second-order valence-electron chi connectivity index (χ2n) is 3.85. The molecule has 1 aliphatic heterocycles. The Balaban J connectivity index is 2.41. The fourth-order valence-corrected chi connectivity index (χ4v) is 1.78. The Hall–Kier alpha value is -1.30. The van der Waals surface area contributed by atoms with Crippen molar-refractivity contribution in [2.45, 2.75) is 19.9 Å². The molecule has 0 aromatic rings. The lowest BCUT2D eigenvalue weighted by molar-refractivity contribution is -0.145. The number of nitrogens with zero attached hydrogens (tertiary/aromatic N) is 2. The van der Waals surface area contributed by atoms with Crippen LogP contribution in [-0.2, 0) is 9.53 Å². The molecule has 1 N–H and O–H groups in total. The Morgan fingerprint density at radius 3 is 2.62 bits per heavy atom. The van der Waals surface area contributed by atoms with Gasteiger partial charge in [0.1, 0.15) is 0 Å². The van der Waals surface area contributed by atoms with Crippen LogP contribution in [0.3, 0.4) is 0 Å². The van der Waals surface area contributed by atoms with Crippen LogP contribution in [0.5, 0.6) is 0 Å². The van der Waals surface area contributed by atoms with E-state index in [2.05, 4.69) is 0 Å². The summed E-state index contributed by atoms with van der Waals surface area (Å²) in [5, 5.41) is 8.82. The third-order valence-corrected chi connectivity index (χ3v) is 2.67. The lowest BCUT2D eigenvalue weighted by Crippen LogP contribution is -2.54. The molecule has 0 aliphatic carbocycles. The van der Waals surface area contributed by atoms with Crippen LogP contribution in [0.25, 0.3) is 0 Å². The summed E-state index contributed by atoms with van der Waals surface area (Å²) in [5.74, 6) is -0.252. The summed E-state index contributed by atoms with van der Waals surface area (Å²) < 4.78 is 4.86. The molecular weight excluding hydrogens is 212 g/mol. The van der Waals surface area contributed by atoms with Gasteiger partial charge in [-0.2, -0.15) is 0 Å². The molecule has 1 amide bonds. The number of carboxylic acid groups (broad SMARTS) is 1. The van der Waals surface area contributed by atoms with Crippen LogP contribution in [0.4, 0.5) is 4.79 Å². The molecule has 0 spiro atoms. The van der Waals surface area contributed by atoms with Gasteiger partial charge in [-0.3, -0.25) is 9.69 Å². The lowest BCUT2D eigenvalue weighted by atomic mass is 10.2. The maximum atomic E-state index is 11.3. The van der Waals surface area contributed by atoms with Crippen LogP contribution in [0, 0.1) is 0 Å². The van der Waals surface area contributed by atoms with Crippen LogP contribution in [0.1, 0.15) is 13.8 Å². The maximum absolute atomic E-state index is 11.3. The van der Waals surface area contributed by atoms with Crippen LogP contribution in [0.15, 0.2) is 0 Å². The molecule has 0 aromatic carbocycles. The SMILES string of the molecule is CCOC(=O)CN1CCN(C(=O)O)C[C@@H]1C. The van der Waals surface area contributed by atoms with E-state index >= 15 is 0 Å². The summed E-state index contributed by atoms with van der Waals surface area (Å²) in [4.78, 5) is 25.3. The van der Waals surface area contributed by atoms with Gasteiger partial charge in [0.15, 0.2) is 0 Å². The molecule has 0 radical (unpaired) electrons.